The topological polar surface area (TPSA) is 138 Å². The number of Topliss-reactive ketones (excluding diaryl/α,β-unsaturated/α-hetero) is 1. The van der Waals surface area contributed by atoms with Crippen LogP contribution in [0.3, 0.4) is 0 Å². The predicted octanol–water partition coefficient (Wildman–Crippen LogP) is 2.52. The highest BCUT2D eigenvalue weighted by atomic mass is 16.6. The monoisotopic (exact) mass is 404 g/mol. The minimum Gasteiger partial charge on any atom is -0.475 e. The van der Waals surface area contributed by atoms with E-state index >= 15 is 0 Å². The Morgan fingerprint density at radius 2 is 1.86 bits per heavy atom. The highest BCUT2D eigenvalue weighted by Gasteiger charge is 2.27. The molecule has 0 aliphatic heterocycles. The summed E-state index contributed by atoms with van der Waals surface area (Å²) < 4.78 is 14.9. The number of nitrogens with zero attached hydrogens (tertiary/aromatic N) is 1. The number of aromatic nitrogens is 1. The number of aryl methyl sites for hydroxylation is 1. The maximum Gasteiger partial charge on any atom is 0.344 e. The van der Waals surface area contributed by atoms with Crippen molar-refractivity contribution in [1.82, 2.24) is 4.98 Å². The third-order valence-corrected chi connectivity index (χ3v) is 4.16. The molecule has 0 saturated carbocycles. The first-order valence-corrected chi connectivity index (χ1v) is 8.54. The van der Waals surface area contributed by atoms with Crippen LogP contribution >= 0.6 is 0 Å². The van der Waals surface area contributed by atoms with E-state index in [4.69, 9.17) is 14.2 Å². The molecule has 1 N–H and O–H groups in total. The number of H-pyrrole nitrogens is 1. The summed E-state index contributed by atoms with van der Waals surface area (Å²) in [4.78, 5) is 49.6. The van der Waals surface area contributed by atoms with Crippen molar-refractivity contribution >= 4 is 23.4 Å². The molecule has 0 aliphatic rings. The number of carbonyl (C=O) groups excluding carboxylic acids is 3. The molecule has 0 amide bonds. The van der Waals surface area contributed by atoms with Gasteiger partial charge in [0.1, 0.15) is 0 Å². The second-order valence-corrected chi connectivity index (χ2v) is 6.13. The predicted molar refractivity (Wildman–Crippen MR) is 100 cm³/mol. The van der Waals surface area contributed by atoms with Crippen molar-refractivity contribution in [2.45, 2.75) is 26.9 Å². The molecular weight excluding hydrogens is 384 g/mol. The Morgan fingerprint density at radius 1 is 1.21 bits per heavy atom. The number of rotatable bonds is 8. The van der Waals surface area contributed by atoms with Gasteiger partial charge in [-0.25, -0.2) is 9.59 Å². The van der Waals surface area contributed by atoms with Crippen LogP contribution < -0.4 is 4.74 Å². The summed E-state index contributed by atoms with van der Waals surface area (Å²) in [5.74, 6) is -2.09. The van der Waals surface area contributed by atoms with Gasteiger partial charge in [-0.05, 0) is 32.4 Å². The maximum atomic E-state index is 12.6. The van der Waals surface area contributed by atoms with Crippen molar-refractivity contribution in [3.8, 4) is 5.75 Å². The first-order valence-electron chi connectivity index (χ1n) is 8.54. The Balaban J connectivity index is 2.04. The van der Waals surface area contributed by atoms with Gasteiger partial charge in [0.25, 0.3) is 0 Å². The average molecular weight is 404 g/mol. The van der Waals surface area contributed by atoms with E-state index in [1.165, 1.54) is 38.3 Å². The molecular formula is C19H20N2O8. The number of nitro benzene ring substituents is 1. The van der Waals surface area contributed by atoms with E-state index in [-0.39, 0.29) is 22.7 Å². The lowest BCUT2D eigenvalue weighted by Gasteiger charge is -2.13. The molecule has 10 heteroatoms. The molecule has 0 saturated heterocycles. The van der Waals surface area contributed by atoms with Gasteiger partial charge >= 0.3 is 17.6 Å². The van der Waals surface area contributed by atoms with Gasteiger partial charge in [0.2, 0.25) is 5.78 Å². The Hall–Kier alpha value is -3.69. The second kappa shape index (κ2) is 9.00. The van der Waals surface area contributed by atoms with E-state index in [0.29, 0.717) is 11.3 Å². The van der Waals surface area contributed by atoms with Crippen molar-refractivity contribution in [2.75, 3.05) is 13.7 Å². The molecule has 0 fully saturated rings. The van der Waals surface area contributed by atoms with E-state index in [1.54, 1.807) is 13.8 Å². The fourth-order valence-electron chi connectivity index (χ4n) is 2.76. The zero-order valence-corrected chi connectivity index (χ0v) is 16.3. The Kier molecular flexibility index (Phi) is 6.71. The number of nitrogens with one attached hydrogen (secondary N) is 1. The van der Waals surface area contributed by atoms with Crippen molar-refractivity contribution < 1.29 is 33.5 Å². The fourth-order valence-corrected chi connectivity index (χ4v) is 2.76. The maximum absolute atomic E-state index is 12.6. The summed E-state index contributed by atoms with van der Waals surface area (Å²) in [6.45, 7) is 3.96. The van der Waals surface area contributed by atoms with Gasteiger partial charge in [0.15, 0.2) is 18.5 Å². The number of methoxy groups -OCH3 is 1. The quantitative estimate of drug-likeness (QED) is 0.306. The van der Waals surface area contributed by atoms with Crippen LogP contribution in [0.5, 0.6) is 5.75 Å². The van der Waals surface area contributed by atoms with E-state index in [9.17, 15) is 24.5 Å². The van der Waals surface area contributed by atoms with Gasteiger partial charge in [-0.15, -0.1) is 0 Å². The van der Waals surface area contributed by atoms with Crippen LogP contribution in [0.25, 0.3) is 0 Å². The number of ketones is 1. The zero-order chi connectivity index (χ0) is 21.7. The van der Waals surface area contributed by atoms with E-state index in [0.717, 1.165) is 0 Å². The third-order valence-electron chi connectivity index (χ3n) is 4.16. The summed E-state index contributed by atoms with van der Waals surface area (Å²) in [6.07, 6.45) is -1.17. The van der Waals surface area contributed by atoms with Crippen LogP contribution in [-0.2, 0) is 14.3 Å². The summed E-state index contributed by atoms with van der Waals surface area (Å²) >= 11 is 0. The number of nitro groups is 1. The number of hydrogen-bond acceptors (Lipinski definition) is 8. The minimum atomic E-state index is -1.17. The molecule has 2 rings (SSSR count). The molecule has 1 aromatic carbocycles. The van der Waals surface area contributed by atoms with Crippen LogP contribution in [0.4, 0.5) is 5.69 Å². The standard InChI is InChI=1S/C19H20N2O8/c1-10-16(19(24)27-4)11(2)20-17(10)18(23)12(3)29-15(22)9-28-14-8-6-5-7-13(14)21(25)26/h5-8,12,20H,9H2,1-4H3/t12-/m0/s1. The summed E-state index contributed by atoms with van der Waals surface area (Å²) in [5.41, 5.74) is 0.920. The van der Waals surface area contributed by atoms with Crippen molar-refractivity contribution in [3.05, 3.63) is 56.9 Å². The lowest BCUT2D eigenvalue weighted by atomic mass is 10.1. The van der Waals surface area contributed by atoms with Gasteiger partial charge in [0.05, 0.1) is 23.3 Å². The molecule has 154 valence electrons. The first kappa shape index (κ1) is 21.6. The smallest absolute Gasteiger partial charge is 0.344 e. The van der Waals surface area contributed by atoms with Gasteiger partial charge in [-0.1, -0.05) is 12.1 Å². The molecule has 2 aromatic rings. The largest absolute Gasteiger partial charge is 0.475 e. The lowest BCUT2D eigenvalue weighted by molar-refractivity contribution is -0.385. The zero-order valence-electron chi connectivity index (χ0n) is 16.3. The normalized spacial score (nSPS) is 11.4. The van der Waals surface area contributed by atoms with Gasteiger partial charge in [0, 0.05) is 11.8 Å². The number of para-hydroxylation sites is 2. The van der Waals surface area contributed by atoms with Crippen LogP contribution in [0.1, 0.15) is 39.0 Å². The summed E-state index contributed by atoms with van der Waals surface area (Å²) in [7, 11) is 1.23. The molecule has 0 spiro atoms. The van der Waals surface area contributed by atoms with Crippen LogP contribution in [0.15, 0.2) is 24.3 Å². The third kappa shape index (κ3) is 4.78. The SMILES string of the molecule is COC(=O)c1c(C)[nH]c(C(=O)[C@H](C)OC(=O)COc2ccccc2[N+](=O)[O-])c1C. The molecule has 0 unspecified atom stereocenters. The van der Waals surface area contributed by atoms with E-state index < -0.39 is 35.4 Å². The van der Waals surface area contributed by atoms with Crippen molar-refractivity contribution in [3.63, 3.8) is 0 Å². The summed E-state index contributed by atoms with van der Waals surface area (Å²) in [6, 6.07) is 5.57. The Labute approximate surface area is 165 Å². The number of aromatic amines is 1. The molecule has 0 radical (unpaired) electrons. The molecule has 0 aliphatic carbocycles. The van der Waals surface area contributed by atoms with Gasteiger partial charge in [-0.3, -0.25) is 14.9 Å². The van der Waals surface area contributed by atoms with Gasteiger partial charge in [-0.2, -0.15) is 0 Å². The molecule has 1 aromatic heterocycles. The Bertz CT molecular complexity index is 963. The number of carbonyl (C=O) groups is 3. The second-order valence-electron chi connectivity index (χ2n) is 6.13. The molecule has 10 nitrogen and oxygen atoms in total. The number of hydrogen-bond donors (Lipinski definition) is 1. The summed E-state index contributed by atoms with van der Waals surface area (Å²) in [5, 5.41) is 10.9. The molecule has 0 bridgehead atoms. The van der Waals surface area contributed by atoms with Crippen molar-refractivity contribution in [1.29, 1.82) is 0 Å². The van der Waals surface area contributed by atoms with Crippen LogP contribution in [0, 0.1) is 24.0 Å². The van der Waals surface area contributed by atoms with Crippen LogP contribution in [-0.4, -0.2) is 47.4 Å². The molecule has 29 heavy (non-hydrogen) atoms. The number of benzene rings is 1. The highest BCUT2D eigenvalue weighted by Crippen LogP contribution is 2.26. The molecule has 1 heterocycles. The minimum absolute atomic E-state index is 0.0908. The fraction of sp³-hybridized carbons (Fsp3) is 0.316. The highest BCUT2D eigenvalue weighted by molar-refractivity contribution is 6.03. The number of esters is 2. The van der Waals surface area contributed by atoms with E-state index in [2.05, 4.69) is 4.98 Å². The lowest BCUT2D eigenvalue weighted by Crippen LogP contribution is -2.28. The first-order chi connectivity index (χ1) is 13.7. The van der Waals surface area contributed by atoms with Crippen molar-refractivity contribution in [2.24, 2.45) is 0 Å². The Morgan fingerprint density at radius 3 is 2.48 bits per heavy atom. The number of ether oxygens (including phenoxy) is 3. The average Bonchev–Trinajstić information content (AvgIpc) is 2.99. The molecule has 1 atom stereocenters. The van der Waals surface area contributed by atoms with Crippen LogP contribution in [0.2, 0.25) is 0 Å². The van der Waals surface area contributed by atoms with E-state index in [1.807, 2.05) is 0 Å². The van der Waals surface area contributed by atoms with Gasteiger partial charge < -0.3 is 19.2 Å².